The van der Waals surface area contributed by atoms with Crippen molar-refractivity contribution in [2.75, 3.05) is 0 Å². The monoisotopic (exact) mass is 278 g/mol. The van der Waals surface area contributed by atoms with Crippen LogP contribution < -0.4 is 0 Å². The van der Waals surface area contributed by atoms with E-state index < -0.39 is 0 Å². The molecule has 0 aliphatic rings. The molecule has 0 amide bonds. The summed E-state index contributed by atoms with van der Waals surface area (Å²) in [5.41, 5.74) is 0. The Morgan fingerprint density at radius 1 is 0.421 bits per heavy atom. The summed E-state index contributed by atoms with van der Waals surface area (Å²) in [4.78, 5) is 0. The Balaban J connectivity index is -0.0000000544. The van der Waals surface area contributed by atoms with Crippen LogP contribution in [0.3, 0.4) is 0 Å². The fourth-order valence-corrected chi connectivity index (χ4v) is 0.856. The third kappa shape index (κ3) is 15.8. The van der Waals surface area contributed by atoms with Gasteiger partial charge in [0.05, 0.1) is 0 Å². The molecule has 0 heterocycles. The molecule has 2 rings (SSSR count). The van der Waals surface area contributed by atoms with Gasteiger partial charge in [-0.2, -0.15) is 0 Å². The number of hydrogen-bond acceptors (Lipinski definition) is 2. The molecule has 0 aromatic heterocycles. The van der Waals surface area contributed by atoms with Gasteiger partial charge < -0.3 is 37.6 Å². The molecule has 112 valence electrons. The first-order chi connectivity index (χ1) is 6.79. The molecule has 0 radical (unpaired) electrons. The minimum atomic E-state index is 0. The van der Waals surface area contributed by atoms with E-state index in [0.717, 1.165) is 0 Å². The fourth-order valence-electron chi connectivity index (χ4n) is 0.856. The first-order valence-corrected chi connectivity index (χ1v) is 4.27. The van der Waals surface area contributed by atoms with Crippen LogP contribution in [-0.2, 0) is 0 Å². The Labute approximate surface area is 110 Å². The number of aromatic hydroxyl groups is 2. The van der Waals surface area contributed by atoms with E-state index in [1.807, 2.05) is 12.1 Å². The Morgan fingerprint density at radius 3 is 0.737 bits per heavy atom. The maximum Gasteiger partial charge on any atom is 0.115 e. The lowest BCUT2D eigenvalue weighted by molar-refractivity contribution is 0.475. The Morgan fingerprint density at radius 2 is 0.632 bits per heavy atom. The van der Waals surface area contributed by atoms with Gasteiger partial charge in [0.1, 0.15) is 11.5 Å². The molecule has 0 unspecified atom stereocenters. The Hall–Kier alpha value is -2.16. The van der Waals surface area contributed by atoms with Gasteiger partial charge in [0, 0.05) is 0 Å². The van der Waals surface area contributed by atoms with Crippen LogP contribution in [-0.4, -0.2) is 37.6 Å². The number of rotatable bonds is 0. The van der Waals surface area contributed by atoms with E-state index in [9.17, 15) is 0 Å². The van der Waals surface area contributed by atoms with Gasteiger partial charge in [0.25, 0.3) is 0 Å². The van der Waals surface area contributed by atoms with Crippen molar-refractivity contribution in [3.63, 3.8) is 0 Å². The van der Waals surface area contributed by atoms with Crippen molar-refractivity contribution in [1.29, 1.82) is 0 Å². The van der Waals surface area contributed by atoms with E-state index in [-0.39, 0.29) is 27.4 Å². The quantitative estimate of drug-likeness (QED) is 0.601. The zero-order chi connectivity index (χ0) is 10.2. The van der Waals surface area contributed by atoms with E-state index >= 15 is 0 Å². The van der Waals surface area contributed by atoms with Crippen LogP contribution in [0.5, 0.6) is 11.5 Å². The summed E-state index contributed by atoms with van der Waals surface area (Å²) in [5.74, 6) is 0.644. The van der Waals surface area contributed by atoms with Gasteiger partial charge in [0.2, 0.25) is 0 Å². The van der Waals surface area contributed by atoms with Gasteiger partial charge in [-0.15, -0.1) is 0 Å². The Kier molecular flexibility index (Phi) is 28.9. The van der Waals surface area contributed by atoms with Crippen molar-refractivity contribution in [3.05, 3.63) is 60.7 Å². The second-order valence-electron chi connectivity index (χ2n) is 2.67. The minimum Gasteiger partial charge on any atom is -0.508 e. The predicted octanol–water partition coefficient (Wildman–Crippen LogP) is -1.34. The first kappa shape index (κ1) is 30.1. The standard InChI is InChI=1S/2C6H6O.5H2O/c2*7-6-4-2-1-3-5-6;;;;;/h2*1-5,7H;5*1H2. The third-order valence-electron chi connectivity index (χ3n) is 1.51. The van der Waals surface area contributed by atoms with Gasteiger partial charge in [-0.3, -0.25) is 0 Å². The molecule has 0 atom stereocenters. The molecule has 19 heavy (non-hydrogen) atoms. The molecule has 0 aliphatic carbocycles. The average Bonchev–Trinajstić information content (AvgIpc) is 2.21. The number of hydrogen-bond donors (Lipinski definition) is 2. The Bertz CT molecular complexity index is 315. The number of phenolic OH excluding ortho intramolecular Hbond substituents is 2. The van der Waals surface area contributed by atoms with Gasteiger partial charge in [-0.25, -0.2) is 0 Å². The molecule has 0 aliphatic heterocycles. The van der Waals surface area contributed by atoms with Crippen LogP contribution in [0, 0.1) is 0 Å². The van der Waals surface area contributed by atoms with Crippen LogP contribution in [0.15, 0.2) is 60.7 Å². The minimum absolute atomic E-state index is 0. The van der Waals surface area contributed by atoms with Crippen molar-refractivity contribution >= 4 is 0 Å². The number of benzene rings is 2. The van der Waals surface area contributed by atoms with Crippen LogP contribution >= 0.6 is 0 Å². The lowest BCUT2D eigenvalue weighted by Gasteiger charge is -1.82. The van der Waals surface area contributed by atoms with E-state index in [1.54, 1.807) is 48.5 Å². The topological polar surface area (TPSA) is 198 Å². The molecule has 12 N–H and O–H groups in total. The van der Waals surface area contributed by atoms with Crippen molar-refractivity contribution in [1.82, 2.24) is 0 Å². The number of para-hydroxylation sites is 2. The zero-order valence-corrected chi connectivity index (χ0v) is 10.2. The molecule has 0 saturated heterocycles. The highest BCUT2D eigenvalue weighted by atomic mass is 16.3. The highest BCUT2D eigenvalue weighted by Crippen LogP contribution is 2.03. The molecule has 2 aromatic rings. The van der Waals surface area contributed by atoms with Gasteiger partial charge >= 0.3 is 0 Å². The van der Waals surface area contributed by atoms with Crippen molar-refractivity contribution in [2.24, 2.45) is 0 Å². The molecule has 2 aromatic carbocycles. The molecular weight excluding hydrogens is 256 g/mol. The molecule has 0 spiro atoms. The van der Waals surface area contributed by atoms with E-state index in [2.05, 4.69) is 0 Å². The van der Waals surface area contributed by atoms with Crippen LogP contribution in [0.4, 0.5) is 0 Å². The predicted molar refractivity (Wildman–Crippen MR) is 74.3 cm³/mol. The van der Waals surface area contributed by atoms with Crippen LogP contribution in [0.25, 0.3) is 0 Å². The van der Waals surface area contributed by atoms with Gasteiger partial charge in [-0.05, 0) is 24.3 Å². The summed E-state index contributed by atoms with van der Waals surface area (Å²) in [6.45, 7) is 0. The van der Waals surface area contributed by atoms with Crippen LogP contribution in [0.1, 0.15) is 0 Å². The molecule has 7 nitrogen and oxygen atoms in total. The molecular formula is C12H22O7. The largest absolute Gasteiger partial charge is 0.508 e. The highest BCUT2D eigenvalue weighted by molar-refractivity contribution is 5.19. The fraction of sp³-hybridized carbons (Fsp3) is 0. The summed E-state index contributed by atoms with van der Waals surface area (Å²) >= 11 is 0. The zero-order valence-electron chi connectivity index (χ0n) is 10.2. The third-order valence-corrected chi connectivity index (χ3v) is 1.51. The summed E-state index contributed by atoms with van der Waals surface area (Å²) in [7, 11) is 0. The molecule has 0 fully saturated rings. The average molecular weight is 278 g/mol. The summed E-state index contributed by atoms with van der Waals surface area (Å²) in [5, 5.41) is 17.3. The van der Waals surface area contributed by atoms with E-state index in [1.165, 1.54) is 0 Å². The molecule has 7 heteroatoms. The van der Waals surface area contributed by atoms with Crippen molar-refractivity contribution in [3.8, 4) is 11.5 Å². The summed E-state index contributed by atoms with van der Waals surface area (Å²) < 4.78 is 0. The van der Waals surface area contributed by atoms with Gasteiger partial charge in [-0.1, -0.05) is 36.4 Å². The van der Waals surface area contributed by atoms with Crippen molar-refractivity contribution < 1.29 is 37.6 Å². The lowest BCUT2D eigenvalue weighted by atomic mass is 10.3. The van der Waals surface area contributed by atoms with E-state index in [4.69, 9.17) is 10.2 Å². The summed E-state index contributed by atoms with van der Waals surface area (Å²) in [6, 6.07) is 17.4. The maximum absolute atomic E-state index is 8.63. The number of phenols is 2. The van der Waals surface area contributed by atoms with Crippen LogP contribution in [0.2, 0.25) is 0 Å². The van der Waals surface area contributed by atoms with Crippen molar-refractivity contribution in [2.45, 2.75) is 0 Å². The summed E-state index contributed by atoms with van der Waals surface area (Å²) in [6.07, 6.45) is 0. The molecule has 0 saturated carbocycles. The smallest absolute Gasteiger partial charge is 0.115 e. The van der Waals surface area contributed by atoms with Gasteiger partial charge in [0.15, 0.2) is 0 Å². The lowest BCUT2D eigenvalue weighted by Crippen LogP contribution is -1.56. The van der Waals surface area contributed by atoms with E-state index in [0.29, 0.717) is 11.5 Å². The highest BCUT2D eigenvalue weighted by Gasteiger charge is 1.75. The second kappa shape index (κ2) is 18.2. The normalized spacial score (nSPS) is 6.32. The first-order valence-electron chi connectivity index (χ1n) is 4.27. The second-order valence-corrected chi connectivity index (χ2v) is 2.67. The SMILES string of the molecule is O.O.O.O.O.Oc1ccccc1.Oc1ccccc1. The molecule has 0 bridgehead atoms. The maximum atomic E-state index is 8.63.